The molecule has 2 heterocycles. The van der Waals surface area contributed by atoms with Gasteiger partial charge in [0.25, 0.3) is 0 Å². The molecular formula is C54H32N2. The summed E-state index contributed by atoms with van der Waals surface area (Å²) >= 11 is 0. The van der Waals surface area contributed by atoms with Gasteiger partial charge in [0.1, 0.15) is 0 Å². The molecule has 13 aromatic rings. The third kappa shape index (κ3) is 3.95. The minimum atomic E-state index is 1.16. The molecule has 0 saturated heterocycles. The van der Waals surface area contributed by atoms with E-state index in [0.29, 0.717) is 0 Å². The second-order valence-corrected chi connectivity index (χ2v) is 15.2. The number of fused-ring (bicyclic) bond motifs is 18. The van der Waals surface area contributed by atoms with Gasteiger partial charge in [-0.25, -0.2) is 0 Å². The van der Waals surface area contributed by atoms with Gasteiger partial charge in [-0.15, -0.1) is 0 Å². The fourth-order valence-corrected chi connectivity index (χ4v) is 10.1. The van der Waals surface area contributed by atoms with E-state index in [0.717, 1.165) is 11.4 Å². The maximum atomic E-state index is 2.48. The first-order valence-corrected chi connectivity index (χ1v) is 19.4. The average molecular weight is 709 g/mol. The summed E-state index contributed by atoms with van der Waals surface area (Å²) in [6.07, 6.45) is 0. The minimum Gasteiger partial charge on any atom is -0.309 e. The highest BCUT2D eigenvalue weighted by Gasteiger charge is 2.20. The number of benzene rings is 11. The van der Waals surface area contributed by atoms with E-state index >= 15 is 0 Å². The normalized spacial score (nSPS) is 12.3. The Kier molecular flexibility index (Phi) is 5.92. The molecule has 2 aromatic heterocycles. The molecule has 258 valence electrons. The zero-order valence-corrected chi connectivity index (χ0v) is 30.4. The zero-order valence-electron chi connectivity index (χ0n) is 30.4. The van der Waals surface area contributed by atoms with Gasteiger partial charge in [0, 0.05) is 32.9 Å². The lowest BCUT2D eigenvalue weighted by atomic mass is 9.94. The van der Waals surface area contributed by atoms with Crippen LogP contribution in [0.15, 0.2) is 194 Å². The second-order valence-electron chi connectivity index (χ2n) is 15.2. The SMILES string of the molecule is c1ccc2c(c1)c1ccccc1c1cc(-n3c4ccccc4c4cc5c6ccccc6n(-c6ccc7c8ccccc8c8ccccc8c7c6)c5cc43)ccc21. The topological polar surface area (TPSA) is 9.86 Å². The number of hydrogen-bond acceptors (Lipinski definition) is 0. The number of hydrogen-bond donors (Lipinski definition) is 0. The Hall–Kier alpha value is -7.42. The molecule has 0 aliphatic carbocycles. The van der Waals surface area contributed by atoms with Crippen molar-refractivity contribution in [3.8, 4) is 11.4 Å². The van der Waals surface area contributed by atoms with Gasteiger partial charge < -0.3 is 9.13 Å². The van der Waals surface area contributed by atoms with E-state index in [4.69, 9.17) is 0 Å². The van der Waals surface area contributed by atoms with Crippen molar-refractivity contribution in [1.82, 2.24) is 9.13 Å². The lowest BCUT2D eigenvalue weighted by Crippen LogP contribution is -1.96. The highest BCUT2D eigenvalue weighted by Crippen LogP contribution is 2.43. The quantitative estimate of drug-likeness (QED) is 0.158. The van der Waals surface area contributed by atoms with Crippen LogP contribution in [0.25, 0.3) is 120 Å². The maximum absolute atomic E-state index is 2.48. The summed E-state index contributed by atoms with van der Waals surface area (Å²) in [5, 5.41) is 20.5. The van der Waals surface area contributed by atoms with Crippen molar-refractivity contribution in [2.45, 2.75) is 0 Å². The standard InChI is InChI=1S/C54H32N2/c1-3-17-39-35(13-1)37-15-5-7-19-41(37)47-29-33(25-27-43(39)47)55-51-23-11-9-21-45(51)49-31-50-46-22-10-12-24-52(46)56(54(50)32-53(49)55)34-26-28-44-40-18-4-2-14-36(40)38-16-6-8-20-42(38)48(44)30-34/h1-32H. The molecule has 0 spiro atoms. The van der Waals surface area contributed by atoms with Crippen molar-refractivity contribution < 1.29 is 0 Å². The van der Waals surface area contributed by atoms with Crippen LogP contribution in [-0.2, 0) is 0 Å². The molecule has 0 aliphatic heterocycles. The van der Waals surface area contributed by atoms with E-state index < -0.39 is 0 Å². The fraction of sp³-hybridized carbons (Fsp3) is 0. The molecule has 0 amide bonds. The summed E-state index contributed by atoms with van der Waals surface area (Å²) in [4.78, 5) is 0. The van der Waals surface area contributed by atoms with Crippen molar-refractivity contribution in [3.63, 3.8) is 0 Å². The predicted molar refractivity (Wildman–Crippen MR) is 240 cm³/mol. The average Bonchev–Trinajstić information content (AvgIpc) is 3.77. The van der Waals surface area contributed by atoms with Crippen LogP contribution in [0.4, 0.5) is 0 Å². The van der Waals surface area contributed by atoms with Gasteiger partial charge in [0.15, 0.2) is 0 Å². The van der Waals surface area contributed by atoms with E-state index in [-0.39, 0.29) is 0 Å². The summed E-state index contributed by atoms with van der Waals surface area (Å²) < 4.78 is 4.96. The largest absolute Gasteiger partial charge is 0.309 e. The molecule has 56 heavy (non-hydrogen) atoms. The van der Waals surface area contributed by atoms with E-state index in [1.807, 2.05) is 0 Å². The molecule has 11 aromatic carbocycles. The summed E-state index contributed by atoms with van der Waals surface area (Å²) in [6.45, 7) is 0. The van der Waals surface area contributed by atoms with Gasteiger partial charge in [0.05, 0.1) is 22.1 Å². The van der Waals surface area contributed by atoms with Gasteiger partial charge in [-0.3, -0.25) is 0 Å². The summed E-state index contributed by atoms with van der Waals surface area (Å²) in [6, 6.07) is 72.1. The second kappa shape index (κ2) is 11.1. The van der Waals surface area contributed by atoms with Crippen LogP contribution in [0.3, 0.4) is 0 Å². The van der Waals surface area contributed by atoms with Gasteiger partial charge in [0.2, 0.25) is 0 Å². The molecule has 13 rings (SSSR count). The van der Waals surface area contributed by atoms with Crippen LogP contribution in [0, 0.1) is 0 Å². The van der Waals surface area contributed by atoms with Gasteiger partial charge in [-0.1, -0.05) is 146 Å². The molecule has 0 saturated carbocycles. The smallest absolute Gasteiger partial charge is 0.0562 e. The molecule has 0 N–H and O–H groups in total. The molecule has 0 fully saturated rings. The highest BCUT2D eigenvalue weighted by molar-refractivity contribution is 6.27. The Morgan fingerprint density at radius 3 is 0.821 bits per heavy atom. The summed E-state index contributed by atoms with van der Waals surface area (Å²) in [5.41, 5.74) is 7.14. The Morgan fingerprint density at radius 1 is 0.179 bits per heavy atom. The van der Waals surface area contributed by atoms with Crippen LogP contribution in [-0.4, -0.2) is 9.13 Å². The van der Waals surface area contributed by atoms with Crippen LogP contribution < -0.4 is 0 Å². The minimum absolute atomic E-state index is 1.16. The Labute approximate surface area is 321 Å². The molecule has 0 bridgehead atoms. The zero-order chi connectivity index (χ0) is 36.5. The lowest BCUT2D eigenvalue weighted by molar-refractivity contribution is 1.17. The number of nitrogens with zero attached hydrogens (tertiary/aromatic N) is 2. The summed E-state index contributed by atoms with van der Waals surface area (Å²) in [5.74, 6) is 0. The molecule has 0 aliphatic rings. The first-order valence-electron chi connectivity index (χ1n) is 19.4. The first kappa shape index (κ1) is 30.0. The molecule has 0 unspecified atom stereocenters. The third-order valence-electron chi connectivity index (χ3n) is 12.4. The van der Waals surface area contributed by atoms with Crippen molar-refractivity contribution in [2.75, 3.05) is 0 Å². The van der Waals surface area contributed by atoms with E-state index in [1.54, 1.807) is 0 Å². The van der Waals surface area contributed by atoms with E-state index in [1.165, 1.54) is 108 Å². The monoisotopic (exact) mass is 708 g/mol. The molecule has 0 atom stereocenters. The Balaban J connectivity index is 1.13. The maximum Gasteiger partial charge on any atom is 0.0562 e. The van der Waals surface area contributed by atoms with Crippen molar-refractivity contribution in [2.24, 2.45) is 0 Å². The van der Waals surface area contributed by atoms with Gasteiger partial charge in [-0.05, 0) is 113 Å². The molecule has 0 radical (unpaired) electrons. The van der Waals surface area contributed by atoms with Crippen molar-refractivity contribution >= 4 is 108 Å². The van der Waals surface area contributed by atoms with Gasteiger partial charge in [-0.2, -0.15) is 0 Å². The highest BCUT2D eigenvalue weighted by atomic mass is 15.0. The first-order chi connectivity index (χ1) is 27.8. The Morgan fingerprint density at radius 2 is 0.464 bits per heavy atom. The van der Waals surface area contributed by atoms with E-state index in [2.05, 4.69) is 203 Å². The summed E-state index contributed by atoms with van der Waals surface area (Å²) in [7, 11) is 0. The van der Waals surface area contributed by atoms with Crippen LogP contribution in [0.5, 0.6) is 0 Å². The predicted octanol–water partition coefficient (Wildman–Crippen LogP) is 14.8. The van der Waals surface area contributed by atoms with Crippen molar-refractivity contribution in [3.05, 3.63) is 194 Å². The van der Waals surface area contributed by atoms with Crippen molar-refractivity contribution in [1.29, 1.82) is 0 Å². The molecular weight excluding hydrogens is 677 g/mol. The number of para-hydroxylation sites is 2. The van der Waals surface area contributed by atoms with Crippen LogP contribution in [0.2, 0.25) is 0 Å². The molecule has 2 nitrogen and oxygen atoms in total. The van der Waals surface area contributed by atoms with Gasteiger partial charge >= 0.3 is 0 Å². The van der Waals surface area contributed by atoms with E-state index in [9.17, 15) is 0 Å². The van der Waals surface area contributed by atoms with Crippen LogP contribution in [0.1, 0.15) is 0 Å². The number of rotatable bonds is 2. The lowest BCUT2D eigenvalue weighted by Gasteiger charge is -2.15. The number of aromatic nitrogens is 2. The Bertz CT molecular complexity index is 3500. The third-order valence-corrected chi connectivity index (χ3v) is 12.4. The fourth-order valence-electron chi connectivity index (χ4n) is 10.1. The molecule has 2 heteroatoms. The van der Waals surface area contributed by atoms with Crippen LogP contribution >= 0.6 is 0 Å².